The summed E-state index contributed by atoms with van der Waals surface area (Å²) < 4.78 is 0. The van der Waals surface area contributed by atoms with Gasteiger partial charge in [-0.25, -0.2) is 0 Å². The first kappa shape index (κ1) is 11.7. The summed E-state index contributed by atoms with van der Waals surface area (Å²) in [6.45, 7) is 1.03. The molecule has 0 aromatic heterocycles. The zero-order valence-corrected chi connectivity index (χ0v) is 9.76. The quantitative estimate of drug-likeness (QED) is 0.756. The molecule has 1 saturated heterocycles. The van der Waals surface area contributed by atoms with Gasteiger partial charge in [0.1, 0.15) is 0 Å². The van der Waals surface area contributed by atoms with Crippen LogP contribution in [0, 0.1) is 11.3 Å². The van der Waals surface area contributed by atoms with Gasteiger partial charge < -0.3 is 15.7 Å². The summed E-state index contributed by atoms with van der Waals surface area (Å²) >= 11 is 0. The summed E-state index contributed by atoms with van der Waals surface area (Å²) in [6, 6.07) is 7.54. The van der Waals surface area contributed by atoms with E-state index in [4.69, 9.17) is 11.0 Å². The van der Waals surface area contributed by atoms with Crippen molar-refractivity contribution in [3.8, 4) is 6.07 Å². The molecule has 0 saturated carbocycles. The lowest BCUT2D eigenvalue weighted by Gasteiger charge is -2.37. The van der Waals surface area contributed by atoms with Crippen LogP contribution in [0.1, 0.15) is 24.8 Å². The smallest absolute Gasteiger partial charge is 0.0992 e. The van der Waals surface area contributed by atoms with Gasteiger partial charge >= 0.3 is 0 Å². The van der Waals surface area contributed by atoms with Crippen molar-refractivity contribution in [1.29, 1.82) is 5.26 Å². The molecule has 0 spiro atoms. The first-order valence-corrected chi connectivity index (χ1v) is 5.93. The van der Waals surface area contributed by atoms with Gasteiger partial charge in [0.25, 0.3) is 0 Å². The number of benzene rings is 1. The summed E-state index contributed by atoms with van der Waals surface area (Å²) in [5.41, 5.74) is 8.12. The Labute approximate surface area is 101 Å². The predicted octanol–water partition coefficient (Wildman–Crippen LogP) is 1.49. The number of anilines is 2. The Morgan fingerprint density at radius 1 is 1.47 bits per heavy atom. The van der Waals surface area contributed by atoms with Crippen LogP contribution in [-0.2, 0) is 0 Å². The number of rotatable bonds is 2. The lowest BCUT2D eigenvalue weighted by molar-refractivity contribution is 0.240. The molecule has 90 valence electrons. The fourth-order valence-corrected chi connectivity index (χ4v) is 2.37. The van der Waals surface area contributed by atoms with Crippen molar-refractivity contribution in [1.82, 2.24) is 0 Å². The molecule has 1 aliphatic heterocycles. The Bertz CT molecular complexity index is 439. The SMILES string of the molecule is N#Cc1ccc(N)c(N2CCCCC2CO)c1. The Kier molecular flexibility index (Phi) is 3.50. The van der Waals surface area contributed by atoms with Crippen molar-refractivity contribution < 1.29 is 5.11 Å². The van der Waals surface area contributed by atoms with Gasteiger partial charge in [0.15, 0.2) is 0 Å². The van der Waals surface area contributed by atoms with Gasteiger partial charge in [-0.3, -0.25) is 0 Å². The Hall–Kier alpha value is -1.73. The minimum Gasteiger partial charge on any atom is -0.397 e. The van der Waals surface area contributed by atoms with Crippen LogP contribution < -0.4 is 10.6 Å². The number of piperidine rings is 1. The first-order valence-electron chi connectivity index (χ1n) is 5.93. The Morgan fingerprint density at radius 2 is 2.29 bits per heavy atom. The Morgan fingerprint density at radius 3 is 3.00 bits per heavy atom. The normalized spacial score (nSPS) is 20.0. The second kappa shape index (κ2) is 5.07. The molecule has 4 heteroatoms. The fraction of sp³-hybridized carbons (Fsp3) is 0.462. The van der Waals surface area contributed by atoms with E-state index < -0.39 is 0 Å². The van der Waals surface area contributed by atoms with E-state index >= 15 is 0 Å². The molecule has 1 fully saturated rings. The van der Waals surface area contributed by atoms with Crippen LogP contribution in [0.25, 0.3) is 0 Å². The van der Waals surface area contributed by atoms with E-state index in [1.165, 1.54) is 0 Å². The van der Waals surface area contributed by atoms with Gasteiger partial charge in [0.05, 0.1) is 35.7 Å². The predicted molar refractivity (Wildman–Crippen MR) is 67.6 cm³/mol. The van der Waals surface area contributed by atoms with Gasteiger partial charge in [-0.15, -0.1) is 0 Å². The number of hydrogen-bond acceptors (Lipinski definition) is 4. The third-order valence-corrected chi connectivity index (χ3v) is 3.31. The van der Waals surface area contributed by atoms with Crippen LogP contribution in [0.5, 0.6) is 0 Å². The van der Waals surface area contributed by atoms with Gasteiger partial charge in [-0.05, 0) is 37.5 Å². The van der Waals surface area contributed by atoms with Crippen LogP contribution in [-0.4, -0.2) is 24.3 Å². The molecule has 1 atom stereocenters. The molecular weight excluding hydrogens is 214 g/mol. The lowest BCUT2D eigenvalue weighted by Crippen LogP contribution is -2.42. The van der Waals surface area contributed by atoms with Crippen molar-refractivity contribution in [2.45, 2.75) is 25.3 Å². The van der Waals surface area contributed by atoms with Crippen LogP contribution in [0.3, 0.4) is 0 Å². The van der Waals surface area contributed by atoms with E-state index in [0.717, 1.165) is 31.5 Å². The van der Waals surface area contributed by atoms with Crippen LogP contribution >= 0.6 is 0 Å². The highest BCUT2D eigenvalue weighted by Crippen LogP contribution is 2.30. The van der Waals surface area contributed by atoms with Gasteiger partial charge in [0.2, 0.25) is 0 Å². The highest BCUT2D eigenvalue weighted by molar-refractivity contribution is 5.70. The molecule has 0 radical (unpaired) electrons. The van der Waals surface area contributed by atoms with Crippen molar-refractivity contribution in [3.63, 3.8) is 0 Å². The number of nitriles is 1. The summed E-state index contributed by atoms with van der Waals surface area (Å²) in [5.74, 6) is 0. The van der Waals surface area contributed by atoms with Crippen LogP contribution in [0.2, 0.25) is 0 Å². The third-order valence-electron chi connectivity index (χ3n) is 3.31. The molecule has 4 nitrogen and oxygen atoms in total. The van der Waals surface area contributed by atoms with E-state index in [9.17, 15) is 5.11 Å². The van der Waals surface area contributed by atoms with Gasteiger partial charge in [-0.2, -0.15) is 5.26 Å². The molecule has 1 aromatic rings. The maximum absolute atomic E-state index is 9.39. The van der Waals surface area contributed by atoms with E-state index in [0.29, 0.717) is 11.3 Å². The molecule has 1 aromatic carbocycles. The maximum Gasteiger partial charge on any atom is 0.0992 e. The van der Waals surface area contributed by atoms with E-state index in [-0.39, 0.29) is 12.6 Å². The molecule has 0 aliphatic carbocycles. The van der Waals surface area contributed by atoms with Crippen molar-refractivity contribution >= 4 is 11.4 Å². The monoisotopic (exact) mass is 231 g/mol. The minimum absolute atomic E-state index is 0.125. The molecule has 2 rings (SSSR count). The molecule has 0 bridgehead atoms. The van der Waals surface area contributed by atoms with Crippen molar-refractivity contribution in [2.75, 3.05) is 23.8 Å². The number of nitrogens with two attached hydrogens (primary N) is 1. The average molecular weight is 231 g/mol. The largest absolute Gasteiger partial charge is 0.397 e. The van der Waals surface area contributed by atoms with Gasteiger partial charge in [0, 0.05) is 6.54 Å². The number of nitrogen functional groups attached to an aromatic ring is 1. The number of hydrogen-bond donors (Lipinski definition) is 2. The maximum atomic E-state index is 9.39. The van der Waals surface area contributed by atoms with E-state index in [1.807, 2.05) is 6.07 Å². The summed E-state index contributed by atoms with van der Waals surface area (Å²) in [6.07, 6.45) is 3.22. The van der Waals surface area contributed by atoms with Crippen molar-refractivity contribution in [2.24, 2.45) is 0 Å². The molecule has 1 unspecified atom stereocenters. The first-order chi connectivity index (χ1) is 8.26. The zero-order valence-electron chi connectivity index (χ0n) is 9.76. The standard InChI is InChI=1S/C13H17N3O/c14-8-10-4-5-12(15)13(7-10)16-6-2-1-3-11(16)9-17/h4-5,7,11,17H,1-3,6,9,15H2. The Balaban J connectivity index is 2.34. The summed E-state index contributed by atoms with van der Waals surface area (Å²) in [7, 11) is 0. The van der Waals surface area contributed by atoms with E-state index in [1.54, 1.807) is 12.1 Å². The highest BCUT2D eigenvalue weighted by atomic mass is 16.3. The minimum atomic E-state index is 0.125. The molecule has 3 N–H and O–H groups in total. The lowest BCUT2D eigenvalue weighted by atomic mass is 10.0. The second-order valence-corrected chi connectivity index (χ2v) is 4.41. The number of aliphatic hydroxyl groups excluding tert-OH is 1. The van der Waals surface area contributed by atoms with Gasteiger partial charge in [-0.1, -0.05) is 0 Å². The number of nitrogens with zero attached hydrogens (tertiary/aromatic N) is 2. The van der Waals surface area contributed by atoms with E-state index in [2.05, 4.69) is 11.0 Å². The second-order valence-electron chi connectivity index (χ2n) is 4.41. The highest BCUT2D eigenvalue weighted by Gasteiger charge is 2.23. The molecule has 17 heavy (non-hydrogen) atoms. The average Bonchev–Trinajstić information content (AvgIpc) is 2.39. The molecule has 1 heterocycles. The third kappa shape index (κ3) is 2.34. The van der Waals surface area contributed by atoms with Crippen LogP contribution in [0.4, 0.5) is 11.4 Å². The molecule has 0 amide bonds. The summed E-state index contributed by atoms with van der Waals surface area (Å²) in [4.78, 5) is 2.12. The van der Waals surface area contributed by atoms with Crippen LogP contribution in [0.15, 0.2) is 18.2 Å². The molecule has 1 aliphatic rings. The summed E-state index contributed by atoms with van der Waals surface area (Å²) in [5, 5.41) is 18.3. The zero-order chi connectivity index (χ0) is 12.3. The fourth-order valence-electron chi connectivity index (χ4n) is 2.37. The number of aliphatic hydroxyl groups is 1. The van der Waals surface area contributed by atoms with Crippen molar-refractivity contribution in [3.05, 3.63) is 23.8 Å². The topological polar surface area (TPSA) is 73.3 Å². The molecular formula is C13H17N3O.